The molecule has 0 aliphatic heterocycles. The summed E-state index contributed by atoms with van der Waals surface area (Å²) >= 11 is 0. The van der Waals surface area contributed by atoms with Crippen molar-refractivity contribution in [2.45, 2.75) is 135 Å². The molecule has 0 amide bonds. The number of Topliss-reactive ketones (excluding diaryl/α,β-unsaturated/α-hetero) is 1. The molecular weight excluding hydrogens is 340 g/mol. The predicted molar refractivity (Wildman–Crippen MR) is 127 cm³/mol. The molecule has 0 aromatic rings. The lowest BCUT2D eigenvalue weighted by Gasteiger charge is -2.63. The SMILES string of the molecule is CCCCCCCC(C)(C)C(C)(C)C(C)(C)C(C)(C)C(C)(C)C(=O)C(C)(C)C. The molecule has 0 N–H and O–H groups in total. The molecule has 0 spiro atoms. The van der Waals surface area contributed by atoms with Crippen molar-refractivity contribution in [1.29, 1.82) is 0 Å². The van der Waals surface area contributed by atoms with Crippen molar-refractivity contribution in [3.8, 4) is 0 Å². The van der Waals surface area contributed by atoms with Crippen molar-refractivity contribution >= 4 is 5.78 Å². The number of rotatable bonds is 11. The van der Waals surface area contributed by atoms with Gasteiger partial charge >= 0.3 is 0 Å². The molecule has 0 bridgehead atoms. The van der Waals surface area contributed by atoms with Crippen LogP contribution in [0.2, 0.25) is 0 Å². The van der Waals surface area contributed by atoms with Gasteiger partial charge in [0.25, 0.3) is 0 Å². The molecule has 0 saturated carbocycles. The Bertz CT molecular complexity index is 509. The summed E-state index contributed by atoms with van der Waals surface area (Å²) in [4.78, 5) is 13.4. The molecule has 0 fully saturated rings. The second kappa shape index (κ2) is 8.81. The van der Waals surface area contributed by atoms with E-state index in [4.69, 9.17) is 0 Å². The predicted octanol–water partition coefficient (Wildman–Crippen LogP) is 9.09. The van der Waals surface area contributed by atoms with Crippen LogP contribution in [-0.4, -0.2) is 5.78 Å². The van der Waals surface area contributed by atoms with Crippen LogP contribution >= 0.6 is 0 Å². The average Bonchev–Trinajstić information content (AvgIpc) is 2.52. The van der Waals surface area contributed by atoms with Crippen LogP contribution in [0.4, 0.5) is 0 Å². The van der Waals surface area contributed by atoms with Gasteiger partial charge in [-0.25, -0.2) is 0 Å². The Labute approximate surface area is 178 Å². The first-order valence-corrected chi connectivity index (χ1v) is 11.8. The van der Waals surface area contributed by atoms with Gasteiger partial charge in [-0.1, -0.05) is 129 Å². The largest absolute Gasteiger partial charge is 0.298 e. The molecule has 1 heteroatoms. The summed E-state index contributed by atoms with van der Waals surface area (Å²) in [5, 5.41) is 0. The summed E-state index contributed by atoms with van der Waals surface area (Å²) in [6.45, 7) is 32.1. The van der Waals surface area contributed by atoms with Crippen molar-refractivity contribution < 1.29 is 4.79 Å². The van der Waals surface area contributed by atoms with E-state index in [1.165, 1.54) is 38.5 Å². The van der Waals surface area contributed by atoms with Gasteiger partial charge in [-0.3, -0.25) is 4.79 Å². The minimum Gasteiger partial charge on any atom is -0.298 e. The molecule has 0 heterocycles. The smallest absolute Gasteiger partial charge is 0.144 e. The Hall–Kier alpha value is -0.330. The van der Waals surface area contributed by atoms with Crippen molar-refractivity contribution in [2.75, 3.05) is 0 Å². The lowest BCUT2D eigenvalue weighted by molar-refractivity contribution is -0.168. The second-order valence-electron chi connectivity index (χ2n) is 13.1. The maximum Gasteiger partial charge on any atom is 0.144 e. The second-order valence-corrected chi connectivity index (χ2v) is 13.1. The van der Waals surface area contributed by atoms with E-state index in [-0.39, 0.29) is 27.1 Å². The van der Waals surface area contributed by atoms with Crippen molar-refractivity contribution in [2.24, 2.45) is 32.5 Å². The zero-order chi connectivity index (χ0) is 22.8. The van der Waals surface area contributed by atoms with E-state index in [0.29, 0.717) is 5.78 Å². The maximum absolute atomic E-state index is 13.4. The Balaban J connectivity index is 5.81. The third kappa shape index (κ3) is 5.04. The van der Waals surface area contributed by atoms with Crippen LogP contribution in [0, 0.1) is 32.5 Å². The van der Waals surface area contributed by atoms with Gasteiger partial charge < -0.3 is 0 Å². The van der Waals surface area contributed by atoms with E-state index < -0.39 is 5.41 Å². The van der Waals surface area contributed by atoms with Gasteiger partial charge in [-0.2, -0.15) is 0 Å². The van der Waals surface area contributed by atoms with Gasteiger partial charge in [-0.15, -0.1) is 0 Å². The fraction of sp³-hybridized carbons (Fsp3) is 0.963. The van der Waals surface area contributed by atoms with Crippen LogP contribution < -0.4 is 0 Å². The van der Waals surface area contributed by atoms with Gasteiger partial charge in [0.15, 0.2) is 0 Å². The average molecular weight is 395 g/mol. The molecular formula is C27H54O. The first-order chi connectivity index (χ1) is 12.2. The quantitative estimate of drug-likeness (QED) is 0.319. The van der Waals surface area contributed by atoms with Crippen LogP contribution in [0.25, 0.3) is 0 Å². The zero-order valence-corrected chi connectivity index (χ0v) is 22.2. The molecule has 28 heavy (non-hydrogen) atoms. The lowest BCUT2D eigenvalue weighted by Crippen LogP contribution is -2.59. The molecule has 0 atom stereocenters. The van der Waals surface area contributed by atoms with Gasteiger partial charge in [0.05, 0.1) is 0 Å². The van der Waals surface area contributed by atoms with E-state index in [9.17, 15) is 4.79 Å². The summed E-state index contributed by atoms with van der Waals surface area (Å²) in [6.07, 6.45) is 7.90. The van der Waals surface area contributed by atoms with Crippen LogP contribution in [0.3, 0.4) is 0 Å². The molecule has 168 valence electrons. The van der Waals surface area contributed by atoms with E-state index in [1.54, 1.807) is 0 Å². The molecule has 0 aromatic carbocycles. The minimum atomic E-state index is -0.400. The highest BCUT2D eigenvalue weighted by Gasteiger charge is 2.61. The monoisotopic (exact) mass is 394 g/mol. The van der Waals surface area contributed by atoms with Gasteiger partial charge in [0.2, 0.25) is 0 Å². The number of ketones is 1. The van der Waals surface area contributed by atoms with E-state index in [0.717, 1.165) is 0 Å². The topological polar surface area (TPSA) is 17.1 Å². The standard InChI is InChI=1S/C27H54O/c1-15-16-17-18-19-20-23(5,6)25(9,10)27(13,14)26(11,12)24(7,8)21(28)22(2,3)4/h15-20H2,1-14H3. The number of hydrogen-bond donors (Lipinski definition) is 0. The minimum absolute atomic E-state index is 0.0165. The number of carbonyl (C=O) groups is 1. The lowest BCUT2D eigenvalue weighted by atomic mass is 9.41. The first kappa shape index (κ1) is 27.7. The van der Waals surface area contributed by atoms with Crippen molar-refractivity contribution in [1.82, 2.24) is 0 Å². The zero-order valence-electron chi connectivity index (χ0n) is 22.2. The fourth-order valence-electron chi connectivity index (χ4n) is 5.11. The third-order valence-corrected chi connectivity index (χ3v) is 9.53. The summed E-state index contributed by atoms with van der Waals surface area (Å²) < 4.78 is 0. The van der Waals surface area contributed by atoms with Crippen molar-refractivity contribution in [3.05, 3.63) is 0 Å². The maximum atomic E-state index is 13.4. The van der Waals surface area contributed by atoms with Gasteiger partial charge in [0.1, 0.15) is 5.78 Å². The molecule has 0 radical (unpaired) electrons. The van der Waals surface area contributed by atoms with Crippen LogP contribution in [0.5, 0.6) is 0 Å². The number of unbranched alkanes of at least 4 members (excludes halogenated alkanes) is 4. The first-order valence-electron chi connectivity index (χ1n) is 11.8. The molecule has 0 rings (SSSR count). The molecule has 0 unspecified atom stereocenters. The Morgan fingerprint density at radius 1 is 0.571 bits per heavy atom. The number of hydrogen-bond acceptors (Lipinski definition) is 1. The highest BCUT2D eigenvalue weighted by atomic mass is 16.1. The molecule has 0 aliphatic carbocycles. The molecule has 1 nitrogen and oxygen atoms in total. The summed E-state index contributed by atoms with van der Waals surface area (Å²) in [7, 11) is 0. The Morgan fingerprint density at radius 3 is 1.39 bits per heavy atom. The van der Waals surface area contributed by atoms with E-state index in [1.807, 2.05) is 0 Å². The van der Waals surface area contributed by atoms with Crippen LogP contribution in [0.1, 0.15) is 135 Å². The Kier molecular flexibility index (Phi) is 8.70. The van der Waals surface area contributed by atoms with E-state index >= 15 is 0 Å². The fourth-order valence-corrected chi connectivity index (χ4v) is 5.11. The van der Waals surface area contributed by atoms with Crippen molar-refractivity contribution in [3.63, 3.8) is 0 Å². The summed E-state index contributed by atoms with van der Waals surface area (Å²) in [5.74, 6) is 0.367. The van der Waals surface area contributed by atoms with Gasteiger partial charge in [-0.05, 0) is 28.1 Å². The van der Waals surface area contributed by atoms with Crippen LogP contribution in [0.15, 0.2) is 0 Å². The molecule has 0 saturated heterocycles. The number of carbonyl (C=O) groups excluding carboxylic acids is 1. The molecule has 0 aromatic heterocycles. The van der Waals surface area contributed by atoms with Gasteiger partial charge in [0, 0.05) is 10.8 Å². The summed E-state index contributed by atoms with van der Waals surface area (Å²) in [5.41, 5.74) is -0.589. The normalized spacial score (nSPS) is 15.1. The highest BCUT2D eigenvalue weighted by molar-refractivity contribution is 5.89. The van der Waals surface area contributed by atoms with Crippen LogP contribution in [-0.2, 0) is 4.79 Å². The highest BCUT2D eigenvalue weighted by Crippen LogP contribution is 2.65. The Morgan fingerprint density at radius 2 is 1.00 bits per heavy atom. The molecule has 0 aliphatic rings. The van der Waals surface area contributed by atoms with E-state index in [2.05, 4.69) is 96.9 Å². The summed E-state index contributed by atoms with van der Waals surface area (Å²) in [6, 6.07) is 0. The third-order valence-electron chi connectivity index (χ3n) is 9.53.